The van der Waals surface area contributed by atoms with E-state index in [1.165, 1.54) is 6.07 Å². The van der Waals surface area contributed by atoms with Crippen molar-refractivity contribution in [1.29, 1.82) is 0 Å². The summed E-state index contributed by atoms with van der Waals surface area (Å²) < 4.78 is 40.3. The molecule has 2 saturated heterocycles. The van der Waals surface area contributed by atoms with Crippen LogP contribution in [0.4, 0.5) is 10.1 Å². The molecule has 154 valence electrons. The van der Waals surface area contributed by atoms with Crippen LogP contribution >= 0.6 is 11.6 Å². The van der Waals surface area contributed by atoms with E-state index in [9.17, 15) is 17.6 Å². The SMILES string of the molecule is O=C(C1CN(S(=O)(=O)c2cc(Cl)ccc2F)C1)N1CCN(c2ccccc2)CC1. The summed E-state index contributed by atoms with van der Waals surface area (Å²) in [6.45, 7) is 2.79. The second-order valence-corrected chi connectivity index (χ2v) is 9.58. The molecule has 2 aliphatic heterocycles. The van der Waals surface area contributed by atoms with Crippen molar-refractivity contribution in [3.63, 3.8) is 0 Å². The molecule has 2 fully saturated rings. The molecule has 0 atom stereocenters. The summed E-state index contributed by atoms with van der Waals surface area (Å²) in [5, 5.41) is 0.148. The maximum absolute atomic E-state index is 14.0. The van der Waals surface area contributed by atoms with Gasteiger partial charge in [-0.25, -0.2) is 12.8 Å². The number of nitrogens with zero attached hydrogens (tertiary/aromatic N) is 3. The van der Waals surface area contributed by atoms with Crippen molar-refractivity contribution in [2.75, 3.05) is 44.2 Å². The zero-order chi connectivity index (χ0) is 20.6. The van der Waals surface area contributed by atoms with Gasteiger partial charge in [-0.05, 0) is 30.3 Å². The standard InChI is InChI=1S/C20H21ClFN3O3S/c21-16-6-7-18(22)19(12-16)29(27,28)25-13-15(14-25)20(26)24-10-8-23(9-11-24)17-4-2-1-3-5-17/h1-7,12,15H,8-11,13-14H2. The summed E-state index contributed by atoms with van der Waals surface area (Å²) in [5.74, 6) is -1.28. The molecule has 29 heavy (non-hydrogen) atoms. The highest BCUT2D eigenvalue weighted by Crippen LogP contribution is 2.29. The van der Waals surface area contributed by atoms with Crippen molar-refractivity contribution in [2.24, 2.45) is 5.92 Å². The van der Waals surface area contributed by atoms with E-state index in [0.717, 1.165) is 35.2 Å². The molecule has 6 nitrogen and oxygen atoms in total. The van der Waals surface area contributed by atoms with Crippen LogP contribution in [0.1, 0.15) is 0 Å². The fraction of sp³-hybridized carbons (Fsp3) is 0.350. The lowest BCUT2D eigenvalue weighted by Crippen LogP contribution is -2.59. The van der Waals surface area contributed by atoms with E-state index in [1.54, 1.807) is 4.90 Å². The van der Waals surface area contributed by atoms with Gasteiger partial charge in [-0.15, -0.1) is 0 Å². The van der Waals surface area contributed by atoms with E-state index in [-0.39, 0.29) is 24.0 Å². The van der Waals surface area contributed by atoms with Crippen molar-refractivity contribution in [3.8, 4) is 0 Å². The van der Waals surface area contributed by atoms with E-state index >= 15 is 0 Å². The van der Waals surface area contributed by atoms with Gasteiger partial charge in [0.1, 0.15) is 10.7 Å². The third-order valence-electron chi connectivity index (χ3n) is 5.42. The molecule has 0 aliphatic carbocycles. The lowest BCUT2D eigenvalue weighted by Gasteiger charge is -2.42. The van der Waals surface area contributed by atoms with Crippen LogP contribution in [-0.2, 0) is 14.8 Å². The van der Waals surface area contributed by atoms with E-state index in [0.29, 0.717) is 13.1 Å². The van der Waals surface area contributed by atoms with Crippen LogP contribution in [0.25, 0.3) is 0 Å². The summed E-state index contributed by atoms with van der Waals surface area (Å²) >= 11 is 5.81. The highest BCUT2D eigenvalue weighted by atomic mass is 35.5. The summed E-state index contributed by atoms with van der Waals surface area (Å²) in [6, 6.07) is 13.5. The minimum Gasteiger partial charge on any atom is -0.368 e. The number of hydrogen-bond donors (Lipinski definition) is 0. The van der Waals surface area contributed by atoms with Gasteiger partial charge in [-0.2, -0.15) is 4.31 Å². The zero-order valence-corrected chi connectivity index (χ0v) is 17.2. The Morgan fingerprint density at radius 1 is 1.00 bits per heavy atom. The normalized spacial score (nSPS) is 18.6. The Morgan fingerprint density at radius 3 is 2.31 bits per heavy atom. The molecule has 2 aliphatic rings. The quantitative estimate of drug-likeness (QED) is 0.737. The molecule has 2 aromatic rings. The molecule has 0 bridgehead atoms. The first kappa shape index (κ1) is 20.1. The molecule has 2 heterocycles. The molecular weight excluding hydrogens is 417 g/mol. The van der Waals surface area contributed by atoms with Gasteiger partial charge in [0, 0.05) is 50.0 Å². The van der Waals surface area contributed by atoms with Gasteiger partial charge in [-0.1, -0.05) is 29.8 Å². The lowest BCUT2D eigenvalue weighted by molar-refractivity contribution is -0.139. The number of benzene rings is 2. The Morgan fingerprint density at radius 2 is 1.66 bits per heavy atom. The van der Waals surface area contributed by atoms with Gasteiger partial charge in [-0.3, -0.25) is 4.79 Å². The topological polar surface area (TPSA) is 60.9 Å². The van der Waals surface area contributed by atoms with Gasteiger partial charge >= 0.3 is 0 Å². The van der Waals surface area contributed by atoms with Crippen LogP contribution < -0.4 is 4.90 Å². The number of hydrogen-bond acceptors (Lipinski definition) is 4. The summed E-state index contributed by atoms with van der Waals surface area (Å²) in [7, 11) is -4.00. The van der Waals surface area contributed by atoms with Crippen LogP contribution in [0.15, 0.2) is 53.4 Å². The summed E-state index contributed by atoms with van der Waals surface area (Å²) in [6.07, 6.45) is 0. The van der Waals surface area contributed by atoms with Gasteiger partial charge in [0.05, 0.1) is 5.92 Å². The minimum absolute atomic E-state index is 0.0456. The van der Waals surface area contributed by atoms with Crippen molar-refractivity contribution in [2.45, 2.75) is 4.90 Å². The molecule has 9 heteroatoms. The number of carbonyl (C=O) groups excluding carboxylic acids is 1. The monoisotopic (exact) mass is 437 g/mol. The van der Waals surface area contributed by atoms with Gasteiger partial charge < -0.3 is 9.80 Å². The number of rotatable bonds is 4. The first-order valence-electron chi connectivity index (χ1n) is 9.40. The average Bonchev–Trinajstić information content (AvgIpc) is 2.69. The van der Waals surface area contributed by atoms with Crippen molar-refractivity contribution < 1.29 is 17.6 Å². The smallest absolute Gasteiger partial charge is 0.246 e. The number of halogens is 2. The molecule has 0 unspecified atom stereocenters. The zero-order valence-electron chi connectivity index (χ0n) is 15.7. The van der Waals surface area contributed by atoms with Crippen molar-refractivity contribution in [1.82, 2.24) is 9.21 Å². The van der Waals surface area contributed by atoms with E-state index in [4.69, 9.17) is 11.6 Å². The fourth-order valence-electron chi connectivity index (χ4n) is 3.69. The molecule has 1 amide bonds. The largest absolute Gasteiger partial charge is 0.368 e. The Kier molecular flexibility index (Phi) is 5.50. The van der Waals surface area contributed by atoms with Gasteiger partial charge in [0.25, 0.3) is 0 Å². The second-order valence-electron chi connectivity index (χ2n) is 7.24. The fourth-order valence-corrected chi connectivity index (χ4v) is 5.54. The van der Waals surface area contributed by atoms with Crippen LogP contribution in [0, 0.1) is 11.7 Å². The van der Waals surface area contributed by atoms with Gasteiger partial charge in [0.2, 0.25) is 15.9 Å². The third kappa shape index (κ3) is 3.97. The molecular formula is C20H21ClFN3O3S. The highest BCUT2D eigenvalue weighted by molar-refractivity contribution is 7.89. The molecule has 0 radical (unpaired) electrons. The number of piperazine rings is 1. The molecule has 0 aromatic heterocycles. The lowest BCUT2D eigenvalue weighted by atomic mass is 10.0. The number of amides is 1. The second kappa shape index (κ2) is 7.93. The maximum atomic E-state index is 14.0. The Hall–Kier alpha value is -2.16. The molecule has 0 spiro atoms. The van der Waals surface area contributed by atoms with E-state index in [2.05, 4.69) is 4.90 Å². The van der Waals surface area contributed by atoms with Crippen molar-refractivity contribution >= 4 is 33.2 Å². The number of anilines is 1. The van der Waals surface area contributed by atoms with E-state index < -0.39 is 26.7 Å². The Bertz CT molecular complexity index is 1000. The molecule has 0 N–H and O–H groups in total. The predicted molar refractivity (Wildman–Crippen MR) is 109 cm³/mol. The van der Waals surface area contributed by atoms with Crippen LogP contribution in [0.5, 0.6) is 0 Å². The maximum Gasteiger partial charge on any atom is 0.246 e. The van der Waals surface area contributed by atoms with Crippen LogP contribution in [-0.4, -0.2) is 62.8 Å². The number of sulfonamides is 1. The van der Waals surface area contributed by atoms with Crippen molar-refractivity contribution in [3.05, 3.63) is 59.4 Å². The minimum atomic E-state index is -4.00. The Balaban J connectivity index is 1.34. The highest BCUT2D eigenvalue weighted by Gasteiger charge is 2.43. The first-order valence-corrected chi connectivity index (χ1v) is 11.2. The van der Waals surface area contributed by atoms with Gasteiger partial charge in [0.15, 0.2) is 0 Å². The predicted octanol–water partition coefficient (Wildman–Crippen LogP) is 2.45. The van der Waals surface area contributed by atoms with Crippen LogP contribution in [0.3, 0.4) is 0 Å². The molecule has 0 saturated carbocycles. The summed E-state index contributed by atoms with van der Waals surface area (Å²) in [4.78, 5) is 16.3. The first-order chi connectivity index (χ1) is 13.9. The Labute approximate surface area is 174 Å². The number of para-hydroxylation sites is 1. The van der Waals surface area contributed by atoms with Crippen LogP contribution in [0.2, 0.25) is 5.02 Å². The third-order valence-corrected chi connectivity index (χ3v) is 7.50. The van der Waals surface area contributed by atoms with E-state index in [1.807, 2.05) is 30.3 Å². The number of carbonyl (C=O) groups is 1. The molecule has 2 aromatic carbocycles. The summed E-state index contributed by atoms with van der Waals surface area (Å²) in [5.41, 5.74) is 1.13. The average molecular weight is 438 g/mol. The molecule has 4 rings (SSSR count).